The van der Waals surface area contributed by atoms with E-state index >= 15 is 0 Å². The zero-order valence-electron chi connectivity index (χ0n) is 23.3. The molecular weight excluding hydrogens is 555 g/mol. The fourth-order valence-electron chi connectivity index (χ4n) is 3.90. The summed E-state index contributed by atoms with van der Waals surface area (Å²) in [5, 5.41) is 0. The Morgan fingerprint density at radius 3 is 1.77 bits per heavy atom. The molecule has 4 rings (SSSR count). The Balaban J connectivity index is 1.90. The van der Waals surface area contributed by atoms with Crippen molar-refractivity contribution < 1.29 is 27.1 Å². The maximum Gasteiger partial charge on any atom is 0.571 e. The first-order chi connectivity index (χ1) is 18.7. The lowest BCUT2D eigenvalue weighted by Gasteiger charge is -2.34. The fraction of sp³-hybridized carbons (Fsp3) is 0.333. The second-order valence-corrected chi connectivity index (χ2v) is 15.7. The highest BCUT2D eigenvalue weighted by molar-refractivity contribution is 7.88. The summed E-state index contributed by atoms with van der Waals surface area (Å²) in [7, 11) is -9.87. The number of nitrogens with zero attached hydrogens (tertiary/aromatic N) is 1. The van der Waals surface area contributed by atoms with Gasteiger partial charge in [-0.05, 0) is 99.5 Å². The van der Waals surface area contributed by atoms with Crippen LogP contribution in [-0.2, 0) is 13.6 Å². The average molecular weight is 594 g/mol. The first-order valence-corrected chi connectivity index (χ1v) is 17.7. The van der Waals surface area contributed by atoms with Gasteiger partial charge in [0, 0.05) is 4.52 Å². The molecular formula is C27H38N3O6P3+2. The number of hydrogen-bond acceptors (Lipinski definition) is 9. The lowest BCUT2D eigenvalue weighted by Crippen LogP contribution is -2.38. The van der Waals surface area contributed by atoms with Crippen molar-refractivity contribution in [3.05, 3.63) is 89.5 Å². The number of hydrogen-bond donors (Lipinski definition) is 2. The molecule has 9 nitrogen and oxygen atoms in total. The standard InChI is InChI=1S/C27H38N3O6P3/c1-7-31-37(34-25-16-10-13-22(4)19-25)28-38(32-8-2,35-26-17-11-14-23(5)20-26)30-39(29-37,33-9-3)36-27-18-12-15-24(6)21-27/h10-21,28-29H,7-9H2,1-6H3/q+2. The predicted molar refractivity (Wildman–Crippen MR) is 160 cm³/mol. The Kier molecular flexibility index (Phi) is 10.0. The summed E-state index contributed by atoms with van der Waals surface area (Å²) in [6, 6.07) is 23.2. The van der Waals surface area contributed by atoms with Gasteiger partial charge in [-0.25, -0.2) is 0 Å². The largest absolute Gasteiger partial charge is 0.571 e. The molecule has 0 amide bonds. The van der Waals surface area contributed by atoms with E-state index in [4.69, 9.17) is 31.7 Å². The molecule has 3 aromatic carbocycles. The first kappa shape index (κ1) is 29.9. The summed E-state index contributed by atoms with van der Waals surface area (Å²) in [6.45, 7) is 12.7. The Morgan fingerprint density at radius 1 is 0.692 bits per heavy atom. The van der Waals surface area contributed by atoms with Crippen molar-refractivity contribution in [1.82, 2.24) is 9.72 Å². The normalized spacial score (nSPS) is 24.6. The first-order valence-electron chi connectivity index (χ1n) is 13.0. The van der Waals surface area contributed by atoms with Crippen LogP contribution in [0.25, 0.3) is 0 Å². The quantitative estimate of drug-likeness (QED) is 0.202. The van der Waals surface area contributed by atoms with E-state index in [2.05, 4.69) is 9.72 Å². The predicted octanol–water partition coefficient (Wildman–Crippen LogP) is 8.75. The summed E-state index contributed by atoms with van der Waals surface area (Å²) in [6.07, 6.45) is 0. The molecule has 39 heavy (non-hydrogen) atoms. The van der Waals surface area contributed by atoms with E-state index < -0.39 is 23.7 Å². The molecule has 3 aromatic rings. The maximum absolute atomic E-state index is 6.63. The average Bonchev–Trinajstić information content (AvgIpc) is 2.84. The minimum Gasteiger partial charge on any atom is -0.423 e. The van der Waals surface area contributed by atoms with Crippen LogP contribution in [0, 0.1) is 20.8 Å². The van der Waals surface area contributed by atoms with E-state index in [1.165, 1.54) is 0 Å². The highest BCUT2D eigenvalue weighted by atomic mass is 31.3. The molecule has 3 unspecified atom stereocenters. The van der Waals surface area contributed by atoms with Gasteiger partial charge in [0.05, 0.1) is 24.7 Å². The minimum atomic E-state index is -3.32. The van der Waals surface area contributed by atoms with Gasteiger partial charge in [-0.3, -0.25) is 13.6 Å². The molecule has 1 aliphatic rings. The van der Waals surface area contributed by atoms with Crippen LogP contribution in [0.15, 0.2) is 77.3 Å². The molecule has 0 radical (unpaired) electrons. The van der Waals surface area contributed by atoms with Gasteiger partial charge < -0.3 is 4.52 Å². The van der Waals surface area contributed by atoms with Crippen LogP contribution >= 0.6 is 23.7 Å². The summed E-state index contributed by atoms with van der Waals surface area (Å²) >= 11 is 0. The van der Waals surface area contributed by atoms with E-state index in [-0.39, 0.29) is 0 Å². The van der Waals surface area contributed by atoms with E-state index in [0.717, 1.165) is 16.7 Å². The highest BCUT2D eigenvalue weighted by Gasteiger charge is 2.72. The Bertz CT molecular complexity index is 1330. The van der Waals surface area contributed by atoms with Crippen molar-refractivity contribution in [3.63, 3.8) is 0 Å². The molecule has 0 saturated carbocycles. The van der Waals surface area contributed by atoms with Crippen LogP contribution in [0.1, 0.15) is 37.5 Å². The molecule has 1 heterocycles. The number of benzene rings is 3. The summed E-state index contributed by atoms with van der Waals surface area (Å²) in [4.78, 5) is 6.90. The third kappa shape index (κ3) is 7.79. The second-order valence-electron chi connectivity index (χ2n) is 8.86. The van der Waals surface area contributed by atoms with Crippen LogP contribution < -0.4 is 23.3 Å². The van der Waals surface area contributed by atoms with Gasteiger partial charge in [-0.1, -0.05) is 36.4 Å². The number of nitrogens with one attached hydrogen (secondary N) is 2. The van der Waals surface area contributed by atoms with Crippen molar-refractivity contribution >= 4 is 23.7 Å². The summed E-state index contributed by atoms with van der Waals surface area (Å²) in [5.74, 6) is 1.82. The second kappa shape index (κ2) is 13.1. The van der Waals surface area contributed by atoms with Gasteiger partial charge in [0.15, 0.2) is 11.5 Å². The lowest BCUT2D eigenvalue weighted by atomic mass is 10.2. The van der Waals surface area contributed by atoms with Gasteiger partial charge in [-0.15, -0.1) is 0 Å². The highest BCUT2D eigenvalue weighted by Crippen LogP contribution is 2.80. The van der Waals surface area contributed by atoms with Gasteiger partial charge in [0.25, 0.3) is 0 Å². The molecule has 0 aromatic heterocycles. The smallest absolute Gasteiger partial charge is 0.423 e. The minimum absolute atomic E-state index is 0.323. The lowest BCUT2D eigenvalue weighted by molar-refractivity contribution is 0.272. The molecule has 2 N–H and O–H groups in total. The van der Waals surface area contributed by atoms with E-state index in [9.17, 15) is 0 Å². The van der Waals surface area contributed by atoms with Crippen molar-refractivity contribution in [2.24, 2.45) is 4.52 Å². The molecule has 1 aliphatic heterocycles. The SMILES string of the molecule is CCOP1(Oc2cccc(C)c2)=N[P+](OCC)(Oc2cccc(C)c2)N[P+](OCC)(Oc2cccc(C)c2)N1. The summed E-state index contributed by atoms with van der Waals surface area (Å²) < 4.78 is 44.0. The van der Waals surface area contributed by atoms with Crippen molar-refractivity contribution in [2.45, 2.75) is 41.5 Å². The van der Waals surface area contributed by atoms with Crippen LogP contribution in [0.4, 0.5) is 0 Å². The zero-order valence-corrected chi connectivity index (χ0v) is 26.0. The third-order valence-electron chi connectivity index (χ3n) is 5.33. The molecule has 0 saturated heterocycles. The zero-order chi connectivity index (χ0) is 27.9. The Hall–Kier alpha value is -2.05. The molecule has 12 heteroatoms. The van der Waals surface area contributed by atoms with Crippen LogP contribution in [0.3, 0.4) is 0 Å². The number of rotatable bonds is 12. The molecule has 0 bridgehead atoms. The van der Waals surface area contributed by atoms with Gasteiger partial charge in [0.2, 0.25) is 0 Å². The van der Waals surface area contributed by atoms with Crippen LogP contribution in [0.5, 0.6) is 17.2 Å². The van der Waals surface area contributed by atoms with Gasteiger partial charge in [-0.2, -0.15) is 9.05 Å². The molecule has 0 spiro atoms. The summed E-state index contributed by atoms with van der Waals surface area (Å²) in [5.41, 5.74) is 3.13. The van der Waals surface area contributed by atoms with Crippen molar-refractivity contribution in [3.8, 4) is 17.2 Å². The fourth-order valence-corrected chi connectivity index (χ4v) is 14.1. The van der Waals surface area contributed by atoms with Gasteiger partial charge >= 0.3 is 23.7 Å². The third-order valence-corrected chi connectivity index (χ3v) is 14.6. The molecule has 210 valence electrons. The topological polar surface area (TPSA) is 91.8 Å². The van der Waals surface area contributed by atoms with Crippen LogP contribution in [-0.4, -0.2) is 19.8 Å². The van der Waals surface area contributed by atoms with Crippen molar-refractivity contribution in [2.75, 3.05) is 19.8 Å². The molecule has 0 fully saturated rings. The molecule has 0 aliphatic carbocycles. The van der Waals surface area contributed by atoms with E-state index in [1.54, 1.807) is 0 Å². The van der Waals surface area contributed by atoms with E-state index in [0.29, 0.717) is 37.1 Å². The van der Waals surface area contributed by atoms with E-state index in [1.807, 2.05) is 114 Å². The van der Waals surface area contributed by atoms with Gasteiger partial charge in [0.1, 0.15) is 5.75 Å². The monoisotopic (exact) mass is 593 g/mol. The van der Waals surface area contributed by atoms with Crippen molar-refractivity contribution in [1.29, 1.82) is 0 Å². The van der Waals surface area contributed by atoms with Crippen LogP contribution in [0.2, 0.25) is 0 Å². The molecule has 3 atom stereocenters. The number of aryl methyl sites for hydroxylation is 3. The Labute approximate surface area is 233 Å². The maximum atomic E-state index is 6.63. The Morgan fingerprint density at radius 2 is 1.23 bits per heavy atom.